The molecule has 0 aliphatic rings. The van der Waals surface area contributed by atoms with Crippen molar-refractivity contribution < 1.29 is 0 Å². The highest BCUT2D eigenvalue weighted by atomic mass is 15.1. The summed E-state index contributed by atoms with van der Waals surface area (Å²) in [6.45, 7) is 6.73. The van der Waals surface area contributed by atoms with Gasteiger partial charge in [-0.15, -0.1) is 0 Å². The summed E-state index contributed by atoms with van der Waals surface area (Å²) in [7, 11) is 0. The van der Waals surface area contributed by atoms with Crippen LogP contribution in [0.2, 0.25) is 0 Å². The van der Waals surface area contributed by atoms with Gasteiger partial charge in [0.05, 0.1) is 16.6 Å². The molecule has 0 fully saturated rings. The van der Waals surface area contributed by atoms with Crippen LogP contribution in [-0.2, 0) is 6.42 Å². The Bertz CT molecular complexity index is 990. The molecule has 0 unspecified atom stereocenters. The Labute approximate surface area is 129 Å². The number of fused-ring (bicyclic) bond motifs is 5. The van der Waals surface area contributed by atoms with Crippen molar-refractivity contribution in [2.45, 2.75) is 27.2 Å². The molecule has 110 valence electrons. The molecule has 0 radical (unpaired) electrons. The number of benzene rings is 2. The Kier molecular flexibility index (Phi) is 2.73. The summed E-state index contributed by atoms with van der Waals surface area (Å²) in [5, 5.41) is 1.11. The second kappa shape index (κ2) is 4.54. The topological polar surface area (TPSA) is 30.2 Å². The van der Waals surface area contributed by atoms with E-state index in [2.05, 4.69) is 55.5 Å². The zero-order valence-electron chi connectivity index (χ0n) is 13.2. The third kappa shape index (κ3) is 2.05. The molecule has 0 saturated heterocycles. The van der Waals surface area contributed by atoms with Crippen LogP contribution in [-0.4, -0.2) is 14.4 Å². The molecule has 4 rings (SSSR count). The fourth-order valence-electron chi connectivity index (χ4n) is 3.01. The molecule has 0 spiro atoms. The number of nitrogens with zero attached hydrogens (tertiary/aromatic N) is 3. The summed E-state index contributed by atoms with van der Waals surface area (Å²) in [6.07, 6.45) is 0.911. The highest BCUT2D eigenvalue weighted by Crippen LogP contribution is 2.27. The molecule has 3 nitrogen and oxygen atoms in total. The molecular formula is C19H19N3. The normalized spacial score (nSPS) is 12.5. The SMILES string of the molecule is CC(C)(C)Cc1nc2ccccc2c2nc3ccccc3n12. The maximum atomic E-state index is 4.93. The predicted octanol–water partition coefficient (Wildman–Crippen LogP) is 4.62. The zero-order chi connectivity index (χ0) is 15.3. The maximum Gasteiger partial charge on any atom is 0.148 e. The van der Waals surface area contributed by atoms with Crippen molar-refractivity contribution in [2.75, 3.05) is 0 Å². The standard InChI is InChI=1S/C19H19N3/c1-19(2,3)12-17-20-14-9-5-4-8-13(14)18-21-15-10-6-7-11-16(15)22(17)18/h4-11H,12H2,1-3H3. The van der Waals surface area contributed by atoms with E-state index in [1.165, 1.54) is 0 Å². The lowest BCUT2D eigenvalue weighted by atomic mass is 9.92. The third-order valence-electron chi connectivity index (χ3n) is 3.90. The molecule has 0 saturated carbocycles. The lowest BCUT2D eigenvalue weighted by Crippen LogP contribution is -2.14. The Morgan fingerprint density at radius 3 is 2.32 bits per heavy atom. The second-order valence-corrected chi connectivity index (χ2v) is 7.04. The van der Waals surface area contributed by atoms with Crippen LogP contribution in [0.4, 0.5) is 0 Å². The van der Waals surface area contributed by atoms with E-state index >= 15 is 0 Å². The maximum absolute atomic E-state index is 4.93. The van der Waals surface area contributed by atoms with E-state index in [0.717, 1.165) is 39.8 Å². The highest BCUT2D eigenvalue weighted by Gasteiger charge is 2.18. The van der Waals surface area contributed by atoms with Gasteiger partial charge in [-0.3, -0.25) is 4.40 Å². The first-order chi connectivity index (χ1) is 10.5. The number of hydrogen-bond donors (Lipinski definition) is 0. The quantitative estimate of drug-likeness (QED) is 0.511. The van der Waals surface area contributed by atoms with Gasteiger partial charge in [0.15, 0.2) is 0 Å². The van der Waals surface area contributed by atoms with Gasteiger partial charge < -0.3 is 0 Å². The lowest BCUT2D eigenvalue weighted by molar-refractivity contribution is 0.400. The lowest BCUT2D eigenvalue weighted by Gasteiger charge is -2.19. The first kappa shape index (κ1) is 13.3. The number of aromatic nitrogens is 3. The van der Waals surface area contributed by atoms with Gasteiger partial charge in [-0.1, -0.05) is 45.0 Å². The first-order valence-electron chi connectivity index (χ1n) is 7.68. The van der Waals surface area contributed by atoms with Crippen LogP contribution >= 0.6 is 0 Å². The van der Waals surface area contributed by atoms with Gasteiger partial charge in [0, 0.05) is 11.8 Å². The van der Waals surface area contributed by atoms with Crippen LogP contribution in [0.3, 0.4) is 0 Å². The van der Waals surface area contributed by atoms with Crippen molar-refractivity contribution in [3.05, 3.63) is 54.4 Å². The molecular weight excluding hydrogens is 270 g/mol. The van der Waals surface area contributed by atoms with E-state index in [4.69, 9.17) is 9.97 Å². The average molecular weight is 289 g/mol. The summed E-state index contributed by atoms with van der Waals surface area (Å²) in [5.74, 6) is 1.08. The molecule has 22 heavy (non-hydrogen) atoms. The van der Waals surface area contributed by atoms with Gasteiger partial charge >= 0.3 is 0 Å². The van der Waals surface area contributed by atoms with E-state index in [0.29, 0.717) is 0 Å². The van der Waals surface area contributed by atoms with Crippen molar-refractivity contribution >= 4 is 27.6 Å². The fourth-order valence-corrected chi connectivity index (χ4v) is 3.01. The second-order valence-electron chi connectivity index (χ2n) is 7.04. The number of imidazole rings is 1. The van der Waals surface area contributed by atoms with Crippen molar-refractivity contribution in [3.63, 3.8) is 0 Å². The number of para-hydroxylation sites is 3. The fraction of sp³-hybridized carbons (Fsp3) is 0.263. The van der Waals surface area contributed by atoms with E-state index < -0.39 is 0 Å². The Balaban J connectivity index is 2.19. The molecule has 0 bridgehead atoms. The largest absolute Gasteiger partial charge is 0.280 e. The molecule has 0 aliphatic heterocycles. The van der Waals surface area contributed by atoms with E-state index in [1.54, 1.807) is 0 Å². The Morgan fingerprint density at radius 2 is 1.55 bits per heavy atom. The number of rotatable bonds is 1. The van der Waals surface area contributed by atoms with Gasteiger partial charge in [-0.25, -0.2) is 9.97 Å². The molecule has 0 N–H and O–H groups in total. The van der Waals surface area contributed by atoms with Crippen LogP contribution in [0, 0.1) is 5.41 Å². The van der Waals surface area contributed by atoms with Gasteiger partial charge in [-0.2, -0.15) is 0 Å². The van der Waals surface area contributed by atoms with Crippen molar-refractivity contribution in [2.24, 2.45) is 5.41 Å². The van der Waals surface area contributed by atoms with E-state index in [-0.39, 0.29) is 5.41 Å². The molecule has 2 aromatic heterocycles. The smallest absolute Gasteiger partial charge is 0.148 e. The Hall–Kier alpha value is -2.42. The summed E-state index contributed by atoms with van der Waals surface area (Å²) < 4.78 is 2.23. The van der Waals surface area contributed by atoms with Gasteiger partial charge in [-0.05, 0) is 29.7 Å². The molecule has 4 aromatic rings. The minimum atomic E-state index is 0.174. The zero-order valence-corrected chi connectivity index (χ0v) is 13.2. The summed E-state index contributed by atoms with van der Waals surface area (Å²) >= 11 is 0. The Morgan fingerprint density at radius 1 is 0.864 bits per heavy atom. The summed E-state index contributed by atoms with van der Waals surface area (Å²) in [6, 6.07) is 16.5. The molecule has 0 amide bonds. The monoisotopic (exact) mass is 289 g/mol. The molecule has 2 heterocycles. The highest BCUT2D eigenvalue weighted by molar-refractivity contribution is 5.96. The summed E-state index contributed by atoms with van der Waals surface area (Å²) in [4.78, 5) is 9.79. The third-order valence-corrected chi connectivity index (χ3v) is 3.90. The number of hydrogen-bond acceptors (Lipinski definition) is 2. The van der Waals surface area contributed by atoms with E-state index in [1.807, 2.05) is 18.2 Å². The molecule has 3 heteroatoms. The molecule has 0 atom stereocenters. The minimum Gasteiger partial charge on any atom is -0.280 e. The van der Waals surface area contributed by atoms with E-state index in [9.17, 15) is 0 Å². The van der Waals surface area contributed by atoms with Gasteiger partial charge in [0.1, 0.15) is 11.5 Å². The van der Waals surface area contributed by atoms with Crippen LogP contribution in [0.15, 0.2) is 48.5 Å². The van der Waals surface area contributed by atoms with Crippen molar-refractivity contribution in [1.29, 1.82) is 0 Å². The van der Waals surface area contributed by atoms with Crippen LogP contribution in [0.25, 0.3) is 27.6 Å². The van der Waals surface area contributed by atoms with Crippen LogP contribution in [0.5, 0.6) is 0 Å². The van der Waals surface area contributed by atoms with Crippen LogP contribution in [0.1, 0.15) is 26.6 Å². The summed E-state index contributed by atoms with van der Waals surface area (Å²) in [5.41, 5.74) is 4.36. The minimum absolute atomic E-state index is 0.174. The molecule has 0 aliphatic carbocycles. The average Bonchev–Trinajstić information content (AvgIpc) is 2.85. The van der Waals surface area contributed by atoms with Crippen LogP contribution < -0.4 is 0 Å². The predicted molar refractivity (Wildman–Crippen MR) is 91.2 cm³/mol. The first-order valence-corrected chi connectivity index (χ1v) is 7.68. The molecule has 2 aromatic carbocycles. The van der Waals surface area contributed by atoms with Gasteiger partial charge in [0.2, 0.25) is 0 Å². The van der Waals surface area contributed by atoms with Crippen molar-refractivity contribution in [1.82, 2.24) is 14.4 Å². The van der Waals surface area contributed by atoms with Crippen molar-refractivity contribution in [3.8, 4) is 0 Å². The van der Waals surface area contributed by atoms with Gasteiger partial charge in [0.25, 0.3) is 0 Å².